The van der Waals surface area contributed by atoms with Gasteiger partial charge >= 0.3 is 0 Å². The molecule has 0 amide bonds. The number of hydrogen-bond donors (Lipinski definition) is 1. The van der Waals surface area contributed by atoms with E-state index >= 15 is 0 Å². The first-order valence-electron chi connectivity index (χ1n) is 8.02. The summed E-state index contributed by atoms with van der Waals surface area (Å²) in [5, 5.41) is 3.76. The Balaban J connectivity index is 2.27. The van der Waals surface area contributed by atoms with Crippen LogP contribution in [-0.2, 0) is 6.42 Å². The van der Waals surface area contributed by atoms with Crippen molar-refractivity contribution in [2.45, 2.75) is 65.3 Å². The maximum absolute atomic E-state index is 3.76. The summed E-state index contributed by atoms with van der Waals surface area (Å²) in [4.78, 5) is 0. The van der Waals surface area contributed by atoms with Gasteiger partial charge in [-0.05, 0) is 42.3 Å². The predicted octanol–water partition coefficient (Wildman–Crippen LogP) is 4.87. The van der Waals surface area contributed by atoms with E-state index < -0.39 is 0 Å². The molecule has 1 aromatic carbocycles. The molecule has 2 rings (SSSR count). The van der Waals surface area contributed by atoms with E-state index in [1.54, 1.807) is 0 Å². The van der Waals surface area contributed by atoms with Gasteiger partial charge in [-0.3, -0.25) is 0 Å². The molecular formula is C18H29N. The molecule has 0 radical (unpaired) electrons. The molecule has 19 heavy (non-hydrogen) atoms. The van der Waals surface area contributed by atoms with Crippen molar-refractivity contribution in [3.8, 4) is 0 Å². The zero-order valence-corrected chi connectivity index (χ0v) is 12.8. The Kier molecular flexibility index (Phi) is 5.04. The van der Waals surface area contributed by atoms with Crippen LogP contribution in [0.2, 0.25) is 0 Å². The normalized spacial score (nSPS) is 20.2. The minimum Gasteiger partial charge on any atom is -0.310 e. The number of rotatable bonds is 5. The SMILES string of the molecule is CCNC(c1cccc(CC)c1)C1(C)CCCCC1. The van der Waals surface area contributed by atoms with E-state index in [1.807, 2.05) is 0 Å². The Morgan fingerprint density at radius 1 is 1.16 bits per heavy atom. The smallest absolute Gasteiger partial charge is 0.0374 e. The third-order valence-electron chi connectivity index (χ3n) is 4.79. The first-order valence-corrected chi connectivity index (χ1v) is 8.02. The highest BCUT2D eigenvalue weighted by Gasteiger charge is 2.35. The van der Waals surface area contributed by atoms with Crippen LogP contribution in [0, 0.1) is 5.41 Å². The molecule has 1 N–H and O–H groups in total. The second-order valence-electron chi connectivity index (χ2n) is 6.30. The van der Waals surface area contributed by atoms with Gasteiger partial charge in [0.05, 0.1) is 0 Å². The first-order chi connectivity index (χ1) is 9.19. The molecule has 0 heterocycles. The van der Waals surface area contributed by atoms with Crippen molar-refractivity contribution in [3.63, 3.8) is 0 Å². The Labute approximate surface area is 118 Å². The van der Waals surface area contributed by atoms with Gasteiger partial charge in [0.15, 0.2) is 0 Å². The van der Waals surface area contributed by atoms with Crippen molar-refractivity contribution >= 4 is 0 Å². The van der Waals surface area contributed by atoms with Crippen molar-refractivity contribution in [1.82, 2.24) is 5.32 Å². The van der Waals surface area contributed by atoms with Crippen LogP contribution >= 0.6 is 0 Å². The maximum Gasteiger partial charge on any atom is 0.0374 e. The summed E-state index contributed by atoms with van der Waals surface area (Å²) in [5.41, 5.74) is 3.38. The molecule has 1 atom stereocenters. The molecule has 0 spiro atoms. The van der Waals surface area contributed by atoms with Crippen molar-refractivity contribution in [2.75, 3.05) is 6.54 Å². The summed E-state index contributed by atoms with van der Waals surface area (Å²) in [5.74, 6) is 0. The van der Waals surface area contributed by atoms with Crippen LogP contribution in [0.3, 0.4) is 0 Å². The summed E-state index contributed by atoms with van der Waals surface area (Å²) in [7, 11) is 0. The third kappa shape index (κ3) is 3.39. The molecule has 1 aliphatic carbocycles. The van der Waals surface area contributed by atoms with Crippen LogP contribution in [0.15, 0.2) is 24.3 Å². The van der Waals surface area contributed by atoms with E-state index in [-0.39, 0.29) is 0 Å². The molecule has 1 saturated carbocycles. The Hall–Kier alpha value is -0.820. The van der Waals surface area contributed by atoms with Gasteiger partial charge in [0.2, 0.25) is 0 Å². The monoisotopic (exact) mass is 259 g/mol. The topological polar surface area (TPSA) is 12.0 Å². The zero-order valence-electron chi connectivity index (χ0n) is 12.8. The second kappa shape index (κ2) is 6.56. The van der Waals surface area contributed by atoms with E-state index in [9.17, 15) is 0 Å². The molecule has 0 aliphatic heterocycles. The van der Waals surface area contributed by atoms with Crippen LogP contribution < -0.4 is 5.32 Å². The van der Waals surface area contributed by atoms with E-state index in [4.69, 9.17) is 0 Å². The molecule has 0 bridgehead atoms. The highest BCUT2D eigenvalue weighted by atomic mass is 14.9. The van der Waals surface area contributed by atoms with Crippen molar-refractivity contribution in [1.29, 1.82) is 0 Å². The fourth-order valence-electron chi connectivity index (χ4n) is 3.61. The lowest BCUT2D eigenvalue weighted by Gasteiger charge is -2.41. The van der Waals surface area contributed by atoms with Gasteiger partial charge in [0.1, 0.15) is 0 Å². The average molecular weight is 259 g/mol. The first kappa shape index (κ1) is 14.6. The van der Waals surface area contributed by atoms with Crippen LogP contribution in [0.1, 0.15) is 70.0 Å². The van der Waals surface area contributed by atoms with Crippen LogP contribution in [0.4, 0.5) is 0 Å². The van der Waals surface area contributed by atoms with E-state index in [0.29, 0.717) is 11.5 Å². The minimum absolute atomic E-state index is 0.431. The number of hydrogen-bond acceptors (Lipinski definition) is 1. The third-order valence-corrected chi connectivity index (χ3v) is 4.79. The summed E-state index contributed by atoms with van der Waals surface area (Å²) in [6.07, 6.45) is 8.06. The van der Waals surface area contributed by atoms with Crippen molar-refractivity contribution in [3.05, 3.63) is 35.4 Å². The Morgan fingerprint density at radius 3 is 2.53 bits per heavy atom. The summed E-state index contributed by atoms with van der Waals surface area (Å²) >= 11 is 0. The molecule has 1 unspecified atom stereocenters. The van der Waals surface area contributed by atoms with Crippen LogP contribution in [0.25, 0.3) is 0 Å². The van der Waals surface area contributed by atoms with E-state index in [2.05, 4.69) is 50.4 Å². The maximum atomic E-state index is 3.76. The molecule has 0 aromatic heterocycles. The van der Waals surface area contributed by atoms with Gasteiger partial charge in [-0.2, -0.15) is 0 Å². The van der Waals surface area contributed by atoms with Gasteiger partial charge in [-0.1, -0.05) is 64.3 Å². The number of aryl methyl sites for hydroxylation is 1. The van der Waals surface area contributed by atoms with Gasteiger partial charge < -0.3 is 5.32 Å². The highest BCUT2D eigenvalue weighted by Crippen LogP contribution is 2.45. The summed E-state index contributed by atoms with van der Waals surface area (Å²) < 4.78 is 0. The van der Waals surface area contributed by atoms with E-state index in [1.165, 1.54) is 43.2 Å². The fraction of sp³-hybridized carbons (Fsp3) is 0.667. The quantitative estimate of drug-likeness (QED) is 0.795. The molecule has 1 aliphatic rings. The molecule has 1 nitrogen and oxygen atoms in total. The second-order valence-corrected chi connectivity index (χ2v) is 6.30. The van der Waals surface area contributed by atoms with Crippen LogP contribution in [-0.4, -0.2) is 6.54 Å². The average Bonchev–Trinajstić information content (AvgIpc) is 2.45. The molecule has 1 heteroatoms. The lowest BCUT2D eigenvalue weighted by molar-refractivity contribution is 0.146. The largest absolute Gasteiger partial charge is 0.310 e. The zero-order chi connectivity index (χ0) is 13.7. The molecule has 0 saturated heterocycles. The Morgan fingerprint density at radius 2 is 1.89 bits per heavy atom. The fourth-order valence-corrected chi connectivity index (χ4v) is 3.61. The lowest BCUT2D eigenvalue weighted by Crippen LogP contribution is -2.37. The summed E-state index contributed by atoms with van der Waals surface area (Å²) in [6.45, 7) is 8.00. The summed E-state index contributed by atoms with van der Waals surface area (Å²) in [6, 6.07) is 9.71. The van der Waals surface area contributed by atoms with E-state index in [0.717, 1.165) is 13.0 Å². The lowest BCUT2D eigenvalue weighted by atomic mass is 9.68. The predicted molar refractivity (Wildman–Crippen MR) is 83.4 cm³/mol. The van der Waals surface area contributed by atoms with Crippen molar-refractivity contribution in [2.24, 2.45) is 5.41 Å². The van der Waals surface area contributed by atoms with Gasteiger partial charge in [-0.15, -0.1) is 0 Å². The minimum atomic E-state index is 0.431. The molecule has 1 aromatic rings. The number of benzene rings is 1. The van der Waals surface area contributed by atoms with Gasteiger partial charge in [0, 0.05) is 6.04 Å². The van der Waals surface area contributed by atoms with Crippen LogP contribution in [0.5, 0.6) is 0 Å². The number of nitrogens with one attached hydrogen (secondary N) is 1. The molecular weight excluding hydrogens is 230 g/mol. The highest BCUT2D eigenvalue weighted by molar-refractivity contribution is 5.27. The van der Waals surface area contributed by atoms with Crippen molar-refractivity contribution < 1.29 is 0 Å². The standard InChI is InChI=1S/C18H29N/c1-4-15-10-9-11-16(14-15)17(19-5-2)18(3)12-7-6-8-13-18/h9-11,14,17,19H,4-8,12-13H2,1-3H3. The Bertz CT molecular complexity index is 390. The van der Waals surface area contributed by atoms with Gasteiger partial charge in [-0.25, -0.2) is 0 Å². The molecule has 1 fully saturated rings. The van der Waals surface area contributed by atoms with Gasteiger partial charge in [0.25, 0.3) is 0 Å². The molecule has 106 valence electrons.